The number of ketones is 1. The van der Waals surface area contributed by atoms with E-state index in [0.717, 1.165) is 38.6 Å². The molecule has 1 aliphatic carbocycles. The molecule has 0 unspecified atom stereocenters. The number of nitrogens with one attached hydrogen (secondary N) is 1. The van der Waals surface area contributed by atoms with Gasteiger partial charge in [-0.3, -0.25) is 4.79 Å². The minimum Gasteiger partial charge on any atom is -0.320 e. The molecule has 82 valence electrons. The van der Waals surface area contributed by atoms with Gasteiger partial charge in [0.2, 0.25) is 0 Å². The van der Waals surface area contributed by atoms with Crippen molar-refractivity contribution in [2.24, 2.45) is 5.92 Å². The van der Waals surface area contributed by atoms with Gasteiger partial charge in [-0.15, -0.1) is 0 Å². The molecule has 0 amide bonds. The first-order valence-electron chi connectivity index (χ1n) is 6.02. The number of hydrogen-bond acceptors (Lipinski definition) is 2. The fourth-order valence-electron chi connectivity index (χ4n) is 2.23. The molecular formula is C12H23NO. The molecule has 1 N–H and O–H groups in total. The van der Waals surface area contributed by atoms with E-state index in [-0.39, 0.29) is 0 Å². The third-order valence-electron chi connectivity index (χ3n) is 3.16. The van der Waals surface area contributed by atoms with Crippen molar-refractivity contribution in [1.82, 2.24) is 5.32 Å². The topological polar surface area (TPSA) is 29.1 Å². The lowest BCUT2D eigenvalue weighted by atomic mass is 9.85. The van der Waals surface area contributed by atoms with Gasteiger partial charge in [-0.05, 0) is 39.3 Å². The summed E-state index contributed by atoms with van der Waals surface area (Å²) in [6, 6.07) is 0. The fraction of sp³-hybridized carbons (Fsp3) is 0.917. The summed E-state index contributed by atoms with van der Waals surface area (Å²) in [6.07, 6.45) is 9.20. The molecule has 1 saturated carbocycles. The average molecular weight is 197 g/mol. The van der Waals surface area contributed by atoms with Crippen molar-refractivity contribution >= 4 is 5.78 Å². The first kappa shape index (κ1) is 11.7. The van der Waals surface area contributed by atoms with Crippen LogP contribution in [-0.4, -0.2) is 19.4 Å². The highest BCUT2D eigenvalue weighted by molar-refractivity contribution is 5.80. The zero-order valence-corrected chi connectivity index (χ0v) is 9.35. The van der Waals surface area contributed by atoms with Crippen LogP contribution in [0.2, 0.25) is 0 Å². The molecule has 0 heterocycles. The van der Waals surface area contributed by atoms with Gasteiger partial charge in [0.15, 0.2) is 0 Å². The Bertz CT molecular complexity index is 162. The highest BCUT2D eigenvalue weighted by Gasteiger charge is 2.19. The zero-order valence-electron chi connectivity index (χ0n) is 9.35. The highest BCUT2D eigenvalue weighted by Crippen LogP contribution is 2.25. The molecule has 0 aromatic heterocycles. The first-order chi connectivity index (χ1) is 6.84. The predicted molar refractivity (Wildman–Crippen MR) is 59.4 cm³/mol. The van der Waals surface area contributed by atoms with Crippen molar-refractivity contribution in [3.8, 4) is 0 Å². The van der Waals surface area contributed by atoms with E-state index in [1.165, 1.54) is 19.3 Å². The number of Topliss-reactive ketones (excluding diaryl/α,β-unsaturated/α-hetero) is 1. The number of unbranched alkanes of at least 4 members (excludes halogenated alkanes) is 1. The van der Waals surface area contributed by atoms with Crippen molar-refractivity contribution in [3.63, 3.8) is 0 Å². The van der Waals surface area contributed by atoms with Gasteiger partial charge in [0.1, 0.15) is 5.78 Å². The van der Waals surface area contributed by atoms with E-state index in [2.05, 4.69) is 5.32 Å². The molecule has 0 spiro atoms. The maximum absolute atomic E-state index is 11.7. The molecule has 0 bridgehead atoms. The quantitative estimate of drug-likeness (QED) is 0.663. The van der Waals surface area contributed by atoms with Crippen LogP contribution < -0.4 is 5.32 Å². The van der Waals surface area contributed by atoms with Crippen LogP contribution in [0.4, 0.5) is 0 Å². The maximum Gasteiger partial charge on any atom is 0.135 e. The summed E-state index contributed by atoms with van der Waals surface area (Å²) in [5.74, 6) is 0.944. The molecule has 0 aromatic carbocycles. The molecule has 0 radical (unpaired) electrons. The molecular weight excluding hydrogens is 174 g/mol. The molecule has 0 saturated heterocycles. The Morgan fingerprint density at radius 1 is 1.21 bits per heavy atom. The Morgan fingerprint density at radius 3 is 2.57 bits per heavy atom. The van der Waals surface area contributed by atoms with Gasteiger partial charge in [0.05, 0.1) is 0 Å². The summed E-state index contributed by atoms with van der Waals surface area (Å²) < 4.78 is 0. The van der Waals surface area contributed by atoms with Gasteiger partial charge in [-0.1, -0.05) is 19.3 Å². The lowest BCUT2D eigenvalue weighted by Crippen LogP contribution is -2.18. The van der Waals surface area contributed by atoms with E-state index in [1.807, 2.05) is 7.05 Å². The summed E-state index contributed by atoms with van der Waals surface area (Å²) in [5.41, 5.74) is 0. The smallest absolute Gasteiger partial charge is 0.135 e. The second-order valence-electron chi connectivity index (χ2n) is 4.36. The molecule has 1 rings (SSSR count). The van der Waals surface area contributed by atoms with E-state index < -0.39 is 0 Å². The van der Waals surface area contributed by atoms with Crippen molar-refractivity contribution in [2.75, 3.05) is 13.6 Å². The molecule has 1 fully saturated rings. The van der Waals surface area contributed by atoms with Crippen LogP contribution in [0.5, 0.6) is 0 Å². The molecule has 0 aliphatic heterocycles. The fourth-order valence-corrected chi connectivity index (χ4v) is 2.23. The van der Waals surface area contributed by atoms with E-state index in [9.17, 15) is 4.79 Å². The van der Waals surface area contributed by atoms with E-state index in [0.29, 0.717) is 11.7 Å². The first-order valence-corrected chi connectivity index (χ1v) is 6.02. The van der Waals surface area contributed by atoms with Gasteiger partial charge in [-0.2, -0.15) is 0 Å². The van der Waals surface area contributed by atoms with Crippen LogP contribution in [0.25, 0.3) is 0 Å². The number of hydrogen-bond donors (Lipinski definition) is 1. The van der Waals surface area contributed by atoms with Crippen molar-refractivity contribution < 1.29 is 4.79 Å². The number of rotatable bonds is 6. The van der Waals surface area contributed by atoms with Crippen LogP contribution in [0.1, 0.15) is 51.4 Å². The van der Waals surface area contributed by atoms with Crippen molar-refractivity contribution in [2.45, 2.75) is 51.4 Å². The normalized spacial score (nSPS) is 18.4. The summed E-state index contributed by atoms with van der Waals surface area (Å²) in [4.78, 5) is 11.7. The lowest BCUT2D eigenvalue weighted by molar-refractivity contribution is -0.123. The molecule has 1 aliphatic rings. The Morgan fingerprint density at radius 2 is 1.93 bits per heavy atom. The zero-order chi connectivity index (χ0) is 10.2. The maximum atomic E-state index is 11.7. The lowest BCUT2D eigenvalue weighted by Gasteiger charge is -2.20. The second-order valence-corrected chi connectivity index (χ2v) is 4.36. The number of carbonyl (C=O) groups excluding carboxylic acids is 1. The highest BCUT2D eigenvalue weighted by atomic mass is 16.1. The second kappa shape index (κ2) is 6.99. The van der Waals surface area contributed by atoms with Gasteiger partial charge < -0.3 is 5.32 Å². The standard InChI is InChI=1S/C12H23NO/c1-13-10-6-5-9-12(14)11-7-3-2-4-8-11/h11,13H,2-10H2,1H3. The Kier molecular flexibility index (Phi) is 5.85. The molecule has 14 heavy (non-hydrogen) atoms. The van der Waals surface area contributed by atoms with Crippen molar-refractivity contribution in [3.05, 3.63) is 0 Å². The Balaban J connectivity index is 2.07. The predicted octanol–water partition coefficient (Wildman–Crippen LogP) is 2.53. The van der Waals surface area contributed by atoms with Crippen LogP contribution in [0.3, 0.4) is 0 Å². The van der Waals surface area contributed by atoms with Crippen LogP contribution >= 0.6 is 0 Å². The van der Waals surface area contributed by atoms with Gasteiger partial charge in [-0.25, -0.2) is 0 Å². The average Bonchev–Trinajstić information content (AvgIpc) is 2.25. The number of carbonyl (C=O) groups is 1. The largest absolute Gasteiger partial charge is 0.320 e. The van der Waals surface area contributed by atoms with E-state index >= 15 is 0 Å². The van der Waals surface area contributed by atoms with Gasteiger partial charge >= 0.3 is 0 Å². The van der Waals surface area contributed by atoms with E-state index in [4.69, 9.17) is 0 Å². The van der Waals surface area contributed by atoms with Crippen LogP contribution in [0.15, 0.2) is 0 Å². The van der Waals surface area contributed by atoms with Gasteiger partial charge in [0, 0.05) is 12.3 Å². The molecule has 0 atom stereocenters. The summed E-state index contributed by atoms with van der Waals surface area (Å²) in [6.45, 7) is 1.04. The minimum absolute atomic E-state index is 0.415. The monoisotopic (exact) mass is 197 g/mol. The summed E-state index contributed by atoms with van der Waals surface area (Å²) >= 11 is 0. The van der Waals surface area contributed by atoms with Crippen molar-refractivity contribution in [1.29, 1.82) is 0 Å². The van der Waals surface area contributed by atoms with Gasteiger partial charge in [0.25, 0.3) is 0 Å². The molecule has 2 nitrogen and oxygen atoms in total. The molecule has 2 heteroatoms. The van der Waals surface area contributed by atoms with Crippen LogP contribution in [0, 0.1) is 5.92 Å². The summed E-state index contributed by atoms with van der Waals surface area (Å²) in [5, 5.41) is 3.11. The third-order valence-corrected chi connectivity index (χ3v) is 3.16. The molecule has 0 aromatic rings. The third kappa shape index (κ3) is 4.23. The van der Waals surface area contributed by atoms with Crippen LogP contribution in [-0.2, 0) is 4.79 Å². The summed E-state index contributed by atoms with van der Waals surface area (Å²) in [7, 11) is 1.96. The SMILES string of the molecule is CNCCCCC(=O)C1CCCCC1. The minimum atomic E-state index is 0.415. The van der Waals surface area contributed by atoms with E-state index in [1.54, 1.807) is 0 Å². The Labute approximate surface area is 87.5 Å². The Hall–Kier alpha value is -0.370.